The molecule has 0 N–H and O–H groups in total. The standard InChI is InChI=1S/C56H72O6S6/c1-5-9-13-17-19-23-37-59-43-33-29-41(30-34-43)51(57)61-47-45-27-21-22-28-46(45)48(62-52(58)42-31-35-44(36-32-42)60-38-24-20-18-14-10-6-2)50-49(47)65-55(66-50)56-67-53(63-39-25-15-11-7-3)54(68-56)64-40-26-16-12-8-4/h21-22,27-36H,5-20,23-26,37-40H2,1-4H3. The molecule has 0 amide bonds. The van der Waals surface area contributed by atoms with Crippen LogP contribution in [0.4, 0.5) is 0 Å². The lowest BCUT2D eigenvalue weighted by Gasteiger charge is -2.16. The van der Waals surface area contributed by atoms with Crippen molar-refractivity contribution in [2.75, 3.05) is 24.7 Å². The van der Waals surface area contributed by atoms with Crippen LogP contribution in [0.2, 0.25) is 0 Å². The molecule has 0 radical (unpaired) electrons. The molecule has 4 aromatic rings. The first-order chi connectivity index (χ1) is 33.4. The molecule has 2 aliphatic rings. The van der Waals surface area contributed by atoms with Crippen LogP contribution in [0.25, 0.3) is 10.8 Å². The predicted octanol–water partition coefficient (Wildman–Crippen LogP) is 19.3. The van der Waals surface area contributed by atoms with Gasteiger partial charge >= 0.3 is 11.9 Å². The van der Waals surface area contributed by atoms with Crippen LogP contribution in [-0.2, 0) is 0 Å². The van der Waals surface area contributed by atoms with E-state index in [4.69, 9.17) is 18.9 Å². The Bertz CT molecular complexity index is 2100. The van der Waals surface area contributed by atoms with Gasteiger partial charge in [-0.05, 0) is 85.7 Å². The van der Waals surface area contributed by atoms with Crippen LogP contribution in [-0.4, -0.2) is 36.7 Å². The molecule has 0 saturated carbocycles. The minimum absolute atomic E-state index is 0.436. The van der Waals surface area contributed by atoms with Crippen LogP contribution in [0.1, 0.15) is 177 Å². The number of carbonyl (C=O) groups excluding carboxylic acids is 2. The second-order valence-electron chi connectivity index (χ2n) is 17.3. The van der Waals surface area contributed by atoms with Gasteiger partial charge in [0.25, 0.3) is 0 Å². The van der Waals surface area contributed by atoms with E-state index in [9.17, 15) is 9.59 Å². The van der Waals surface area contributed by atoms with Crippen molar-refractivity contribution in [3.05, 3.63) is 101 Å². The molecule has 0 bridgehead atoms. The van der Waals surface area contributed by atoms with Crippen LogP contribution in [0.5, 0.6) is 23.0 Å². The molecule has 68 heavy (non-hydrogen) atoms. The van der Waals surface area contributed by atoms with Gasteiger partial charge in [0.05, 0.1) is 51.1 Å². The van der Waals surface area contributed by atoms with Crippen LogP contribution < -0.4 is 18.9 Å². The molecule has 6 rings (SSSR count). The average molecular weight is 1030 g/mol. The molecule has 0 atom stereocenters. The number of rotatable bonds is 32. The highest BCUT2D eigenvalue weighted by molar-refractivity contribution is 8.42. The van der Waals surface area contributed by atoms with Crippen molar-refractivity contribution in [1.82, 2.24) is 0 Å². The number of fused-ring (bicyclic) bond motifs is 2. The van der Waals surface area contributed by atoms with Crippen LogP contribution in [0.15, 0.2) is 99.5 Å². The van der Waals surface area contributed by atoms with Gasteiger partial charge in [-0.2, -0.15) is 0 Å². The lowest BCUT2D eigenvalue weighted by Crippen LogP contribution is -2.12. The Balaban J connectivity index is 1.25. The molecule has 0 aliphatic carbocycles. The Labute approximate surface area is 433 Å². The van der Waals surface area contributed by atoms with E-state index in [1.54, 1.807) is 47.8 Å². The zero-order valence-corrected chi connectivity index (χ0v) is 45.7. The summed E-state index contributed by atoms with van der Waals surface area (Å²) < 4.78 is 30.1. The third-order valence-electron chi connectivity index (χ3n) is 11.7. The maximum atomic E-state index is 14.1. The number of carbonyl (C=O) groups is 2. The molecule has 0 spiro atoms. The summed E-state index contributed by atoms with van der Waals surface area (Å²) in [7, 11) is 0. The van der Waals surface area contributed by atoms with Gasteiger partial charge in [-0.1, -0.05) is 202 Å². The zero-order chi connectivity index (χ0) is 47.8. The summed E-state index contributed by atoms with van der Waals surface area (Å²) in [6.07, 6.45) is 24.3. The van der Waals surface area contributed by atoms with E-state index in [1.165, 1.54) is 115 Å². The Kier molecular flexibility index (Phi) is 24.8. The highest BCUT2D eigenvalue weighted by atomic mass is 32.3. The lowest BCUT2D eigenvalue weighted by molar-refractivity contribution is 0.0715. The maximum Gasteiger partial charge on any atom is 0.343 e. The molecule has 4 aromatic carbocycles. The molecular weight excluding hydrogens is 961 g/mol. The van der Waals surface area contributed by atoms with Crippen molar-refractivity contribution >= 4 is 93.3 Å². The number of esters is 2. The Morgan fingerprint density at radius 1 is 0.426 bits per heavy atom. The fourth-order valence-corrected chi connectivity index (χ4v) is 16.7. The predicted molar refractivity (Wildman–Crippen MR) is 299 cm³/mol. The van der Waals surface area contributed by atoms with E-state index in [0.717, 1.165) is 62.7 Å². The van der Waals surface area contributed by atoms with E-state index < -0.39 is 11.9 Å². The van der Waals surface area contributed by atoms with E-state index in [0.29, 0.717) is 46.6 Å². The van der Waals surface area contributed by atoms with Gasteiger partial charge in [0, 0.05) is 10.8 Å². The smallest absolute Gasteiger partial charge is 0.343 e. The topological polar surface area (TPSA) is 71.1 Å². The molecular formula is C56H72O6S6. The van der Waals surface area contributed by atoms with Gasteiger partial charge in [-0.25, -0.2) is 9.59 Å². The van der Waals surface area contributed by atoms with E-state index in [-0.39, 0.29) is 0 Å². The van der Waals surface area contributed by atoms with Crippen LogP contribution >= 0.6 is 70.6 Å². The zero-order valence-electron chi connectivity index (χ0n) is 40.8. The van der Waals surface area contributed by atoms with E-state index in [1.807, 2.05) is 95.6 Å². The summed E-state index contributed by atoms with van der Waals surface area (Å²) in [5.74, 6) is 3.73. The lowest BCUT2D eigenvalue weighted by atomic mass is 10.1. The molecule has 0 aromatic heterocycles. The van der Waals surface area contributed by atoms with Gasteiger partial charge in [0.2, 0.25) is 0 Å². The van der Waals surface area contributed by atoms with Gasteiger partial charge < -0.3 is 18.9 Å². The quantitative estimate of drug-likeness (QED) is 0.0266. The summed E-state index contributed by atoms with van der Waals surface area (Å²) in [6.45, 7) is 10.3. The average Bonchev–Trinajstić information content (AvgIpc) is 3.99. The second kappa shape index (κ2) is 30.9. The molecule has 0 fully saturated rings. The summed E-state index contributed by atoms with van der Waals surface area (Å²) in [6, 6.07) is 22.3. The minimum atomic E-state index is -0.454. The molecule has 2 aliphatic heterocycles. The summed E-state index contributed by atoms with van der Waals surface area (Å²) >= 11 is 10.9. The number of hydrogen-bond donors (Lipinski definition) is 0. The second-order valence-corrected chi connectivity index (χ2v) is 24.6. The van der Waals surface area contributed by atoms with Crippen molar-refractivity contribution in [1.29, 1.82) is 0 Å². The van der Waals surface area contributed by atoms with Crippen LogP contribution in [0.3, 0.4) is 0 Å². The van der Waals surface area contributed by atoms with Crippen molar-refractivity contribution in [2.45, 2.75) is 166 Å². The van der Waals surface area contributed by atoms with Gasteiger partial charge in [0.15, 0.2) is 11.5 Å². The van der Waals surface area contributed by atoms with Crippen LogP contribution in [0, 0.1) is 0 Å². The van der Waals surface area contributed by atoms with Crippen molar-refractivity contribution < 1.29 is 28.5 Å². The number of hydrogen-bond acceptors (Lipinski definition) is 12. The van der Waals surface area contributed by atoms with E-state index in [2.05, 4.69) is 27.7 Å². The molecule has 12 heteroatoms. The van der Waals surface area contributed by atoms with Gasteiger partial charge in [-0.15, -0.1) is 23.5 Å². The summed E-state index contributed by atoms with van der Waals surface area (Å²) in [5.41, 5.74) is 0.873. The number of unbranched alkanes of at least 4 members (excludes halogenated alkanes) is 16. The summed E-state index contributed by atoms with van der Waals surface area (Å²) in [4.78, 5) is 29.8. The summed E-state index contributed by atoms with van der Waals surface area (Å²) in [5, 5.41) is 1.41. The largest absolute Gasteiger partial charge is 0.494 e. The Hall–Kier alpha value is -2.74. The fraction of sp³-hybridized carbons (Fsp3) is 0.500. The number of benzene rings is 4. The highest BCUT2D eigenvalue weighted by Crippen LogP contribution is 2.67. The first kappa shape index (κ1) is 54.6. The Morgan fingerprint density at radius 3 is 1.18 bits per heavy atom. The molecule has 368 valence electrons. The van der Waals surface area contributed by atoms with Gasteiger partial charge in [0.1, 0.15) is 11.5 Å². The number of ether oxygens (including phenoxy) is 4. The van der Waals surface area contributed by atoms with Gasteiger partial charge in [-0.3, -0.25) is 0 Å². The highest BCUT2D eigenvalue weighted by Gasteiger charge is 2.36. The third kappa shape index (κ3) is 17.0. The van der Waals surface area contributed by atoms with E-state index >= 15 is 0 Å². The molecule has 0 unspecified atom stereocenters. The normalized spacial score (nSPS) is 13.4. The third-order valence-corrected chi connectivity index (χ3v) is 20.5. The fourth-order valence-electron chi connectivity index (χ4n) is 7.75. The monoisotopic (exact) mass is 1030 g/mol. The van der Waals surface area contributed by atoms with Crippen molar-refractivity contribution in [3.8, 4) is 23.0 Å². The first-order valence-corrected chi connectivity index (χ1v) is 30.6. The minimum Gasteiger partial charge on any atom is -0.494 e. The molecule has 2 heterocycles. The first-order valence-electron chi connectivity index (χ1n) is 25.4. The van der Waals surface area contributed by atoms with Crippen molar-refractivity contribution in [2.24, 2.45) is 0 Å². The SMILES string of the molecule is CCCCCCCCOc1ccc(C(=O)Oc2c3c(c(OC(=O)c4ccc(OCCCCCCCC)cc4)c4ccccc24)SC(=C2SC(SCCCCCC)=C(SCCCCCC)S2)S3)cc1. The molecule has 0 saturated heterocycles. The maximum absolute atomic E-state index is 14.1. The van der Waals surface area contributed by atoms with Crippen molar-refractivity contribution in [3.63, 3.8) is 0 Å². The molecule has 6 nitrogen and oxygen atoms in total. The Morgan fingerprint density at radius 2 is 0.779 bits per heavy atom. The number of thioether (sulfide) groups is 6.